The summed E-state index contributed by atoms with van der Waals surface area (Å²) in [6, 6.07) is 1.69. The van der Waals surface area contributed by atoms with Crippen LogP contribution >= 0.6 is 0 Å². The van der Waals surface area contributed by atoms with Crippen LogP contribution in [0.5, 0.6) is 5.75 Å². The molecule has 0 aliphatic carbocycles. The van der Waals surface area contributed by atoms with E-state index in [2.05, 4.69) is 6.58 Å². The average molecular weight is 498 g/mol. The van der Waals surface area contributed by atoms with Crippen molar-refractivity contribution in [2.75, 3.05) is 13.2 Å². The minimum Gasteiger partial charge on any atom is -0.493 e. The normalized spacial score (nSPS) is 16.0. The molecule has 8 heteroatoms. The maximum Gasteiger partial charge on any atom is 0.419 e. The number of allylic oxidation sites excluding steroid dienone is 1. The first-order valence-corrected chi connectivity index (χ1v) is 12.4. The maximum atomic E-state index is 13.8. The van der Waals surface area contributed by atoms with Crippen LogP contribution in [0.3, 0.4) is 0 Å². The molecule has 1 aromatic carbocycles. The minimum atomic E-state index is -4.58. The van der Waals surface area contributed by atoms with E-state index in [1.807, 2.05) is 13.8 Å². The number of carbonyl (C=O) groups excluding carboxylic acids is 2. The molecule has 1 amide bonds. The molecule has 0 saturated carbocycles. The van der Waals surface area contributed by atoms with Gasteiger partial charge in [0.15, 0.2) is 5.78 Å². The van der Waals surface area contributed by atoms with Gasteiger partial charge in [-0.05, 0) is 75.3 Å². The second kappa shape index (κ2) is 12.0. The standard InChI is InChI=1S/C27H38F3NO4/c1-7-9-11-18(3)23(32)17-22-20-16-24(34-14-10-8-2)21(27(28,29)30)15-19(20)12-13-31(22)25(33)35-26(4,5)6/h15-16,22H,3,7-14,17H2,1-2,4-6H3/t22-/m1/s1. The third kappa shape index (κ3) is 8.00. The molecule has 0 radical (unpaired) electrons. The number of ketones is 1. The summed E-state index contributed by atoms with van der Waals surface area (Å²) in [4.78, 5) is 27.5. The largest absolute Gasteiger partial charge is 0.493 e. The van der Waals surface area contributed by atoms with Gasteiger partial charge in [-0.15, -0.1) is 0 Å². The topological polar surface area (TPSA) is 55.8 Å². The fourth-order valence-corrected chi connectivity index (χ4v) is 4.01. The van der Waals surface area contributed by atoms with Crippen LogP contribution in [0, 0.1) is 0 Å². The van der Waals surface area contributed by atoms with Gasteiger partial charge in [0, 0.05) is 13.0 Å². The Labute approximate surface area is 206 Å². The second-order valence-electron chi connectivity index (χ2n) is 10.0. The highest BCUT2D eigenvalue weighted by Gasteiger charge is 2.40. The van der Waals surface area contributed by atoms with E-state index >= 15 is 0 Å². The SMILES string of the molecule is C=C(CCCC)C(=O)C[C@@H]1c2cc(OCCCC)c(C(F)(F)F)cc2CCN1C(=O)OC(C)(C)C. The van der Waals surface area contributed by atoms with E-state index in [-0.39, 0.29) is 37.5 Å². The molecule has 1 aromatic rings. The zero-order valence-corrected chi connectivity index (χ0v) is 21.5. The number of amides is 1. The third-order valence-electron chi connectivity index (χ3n) is 5.89. The van der Waals surface area contributed by atoms with Crippen molar-refractivity contribution in [2.45, 2.75) is 97.4 Å². The Morgan fingerprint density at radius 2 is 1.77 bits per heavy atom. The number of halogens is 3. The zero-order valence-electron chi connectivity index (χ0n) is 21.5. The van der Waals surface area contributed by atoms with Crippen molar-refractivity contribution >= 4 is 11.9 Å². The Bertz CT molecular complexity index is 918. The van der Waals surface area contributed by atoms with Gasteiger partial charge >= 0.3 is 12.3 Å². The summed E-state index contributed by atoms with van der Waals surface area (Å²) in [5.74, 6) is -0.490. The van der Waals surface area contributed by atoms with Crippen molar-refractivity contribution in [1.29, 1.82) is 0 Å². The number of rotatable bonds is 10. The molecule has 0 N–H and O–H groups in total. The number of benzene rings is 1. The molecule has 0 aromatic heterocycles. The lowest BCUT2D eigenvalue weighted by molar-refractivity contribution is -0.139. The summed E-state index contributed by atoms with van der Waals surface area (Å²) in [5.41, 5.74) is -0.203. The number of hydrogen-bond acceptors (Lipinski definition) is 4. The van der Waals surface area contributed by atoms with Crippen LogP contribution < -0.4 is 4.74 Å². The van der Waals surface area contributed by atoms with Crippen LogP contribution in [0.4, 0.5) is 18.0 Å². The highest BCUT2D eigenvalue weighted by molar-refractivity contribution is 5.95. The molecule has 35 heavy (non-hydrogen) atoms. The molecule has 1 heterocycles. The van der Waals surface area contributed by atoms with Crippen LogP contribution in [0.25, 0.3) is 0 Å². The van der Waals surface area contributed by atoms with E-state index in [9.17, 15) is 22.8 Å². The van der Waals surface area contributed by atoms with Gasteiger partial charge in [-0.25, -0.2) is 4.79 Å². The van der Waals surface area contributed by atoms with Crippen LogP contribution in [0.1, 0.15) is 95.9 Å². The molecule has 2 rings (SSSR count). The summed E-state index contributed by atoms with van der Waals surface area (Å²) >= 11 is 0. The predicted molar refractivity (Wildman–Crippen MR) is 130 cm³/mol. The molecule has 196 valence electrons. The number of Topliss-reactive ketones (excluding diaryl/α,β-unsaturated/α-hetero) is 1. The smallest absolute Gasteiger partial charge is 0.419 e. The van der Waals surface area contributed by atoms with Crippen LogP contribution in [-0.2, 0) is 22.1 Å². The molecule has 5 nitrogen and oxygen atoms in total. The van der Waals surface area contributed by atoms with Crippen LogP contribution in [0.15, 0.2) is 24.3 Å². The highest BCUT2D eigenvalue weighted by Crippen LogP contribution is 2.43. The van der Waals surface area contributed by atoms with Gasteiger partial charge in [-0.1, -0.05) is 33.3 Å². The Morgan fingerprint density at radius 1 is 1.11 bits per heavy atom. The fraction of sp³-hybridized carbons (Fsp3) is 0.630. The summed E-state index contributed by atoms with van der Waals surface area (Å²) in [6.07, 6.45) is -1.41. The van der Waals surface area contributed by atoms with Crippen molar-refractivity contribution in [1.82, 2.24) is 4.90 Å². The van der Waals surface area contributed by atoms with Crippen LogP contribution in [0.2, 0.25) is 0 Å². The lowest BCUT2D eigenvalue weighted by Gasteiger charge is -2.38. The van der Waals surface area contributed by atoms with Gasteiger partial charge in [-0.3, -0.25) is 4.79 Å². The third-order valence-corrected chi connectivity index (χ3v) is 5.89. The van der Waals surface area contributed by atoms with E-state index in [1.54, 1.807) is 20.8 Å². The quantitative estimate of drug-likeness (QED) is 0.249. The van der Waals surface area contributed by atoms with Crippen molar-refractivity contribution in [3.8, 4) is 5.75 Å². The number of hydrogen-bond donors (Lipinski definition) is 0. The number of fused-ring (bicyclic) bond motifs is 1. The van der Waals surface area contributed by atoms with Crippen LogP contribution in [-0.4, -0.2) is 35.5 Å². The Kier molecular flexibility index (Phi) is 9.81. The Balaban J connectivity index is 2.52. The fourth-order valence-electron chi connectivity index (χ4n) is 4.01. The molecular formula is C27H38F3NO4. The molecule has 0 saturated heterocycles. The summed E-state index contributed by atoms with van der Waals surface area (Å²) in [5, 5.41) is 0. The Hall–Kier alpha value is -2.51. The summed E-state index contributed by atoms with van der Waals surface area (Å²) in [7, 11) is 0. The first kappa shape index (κ1) is 28.7. The van der Waals surface area contributed by atoms with Crippen molar-refractivity contribution in [3.63, 3.8) is 0 Å². The number of unbranched alkanes of at least 4 members (excludes halogenated alkanes) is 2. The molecular weight excluding hydrogens is 459 g/mol. The minimum absolute atomic E-state index is 0.0748. The average Bonchev–Trinajstić information content (AvgIpc) is 2.75. The van der Waals surface area contributed by atoms with E-state index in [1.165, 1.54) is 11.0 Å². The van der Waals surface area contributed by atoms with E-state index in [0.29, 0.717) is 29.5 Å². The molecule has 0 spiro atoms. The number of ether oxygens (including phenoxy) is 2. The number of nitrogens with zero attached hydrogens (tertiary/aromatic N) is 1. The lowest BCUT2D eigenvalue weighted by atomic mass is 9.86. The lowest BCUT2D eigenvalue weighted by Crippen LogP contribution is -2.44. The van der Waals surface area contributed by atoms with E-state index in [0.717, 1.165) is 25.3 Å². The van der Waals surface area contributed by atoms with Gasteiger partial charge in [0.25, 0.3) is 0 Å². The zero-order chi connectivity index (χ0) is 26.4. The van der Waals surface area contributed by atoms with Crippen molar-refractivity contribution in [3.05, 3.63) is 41.0 Å². The Morgan fingerprint density at radius 3 is 2.34 bits per heavy atom. The van der Waals surface area contributed by atoms with Crippen molar-refractivity contribution in [2.24, 2.45) is 0 Å². The van der Waals surface area contributed by atoms with Gasteiger partial charge < -0.3 is 14.4 Å². The van der Waals surface area contributed by atoms with E-state index in [4.69, 9.17) is 9.47 Å². The first-order valence-electron chi connectivity index (χ1n) is 12.4. The number of alkyl halides is 3. The highest BCUT2D eigenvalue weighted by atomic mass is 19.4. The van der Waals surface area contributed by atoms with Gasteiger partial charge in [0.1, 0.15) is 11.4 Å². The number of carbonyl (C=O) groups is 2. The van der Waals surface area contributed by atoms with Gasteiger partial charge in [0.2, 0.25) is 0 Å². The second-order valence-corrected chi connectivity index (χ2v) is 10.0. The predicted octanol–water partition coefficient (Wildman–Crippen LogP) is 7.42. The van der Waals surface area contributed by atoms with E-state index < -0.39 is 29.5 Å². The molecule has 1 aliphatic heterocycles. The summed E-state index contributed by atoms with van der Waals surface area (Å²) < 4.78 is 52.6. The molecule has 1 atom stereocenters. The van der Waals surface area contributed by atoms with Crippen molar-refractivity contribution < 1.29 is 32.2 Å². The first-order chi connectivity index (χ1) is 16.3. The molecule has 0 unspecified atom stereocenters. The monoisotopic (exact) mass is 497 g/mol. The molecule has 1 aliphatic rings. The molecule has 0 bridgehead atoms. The molecule has 0 fully saturated rings. The van der Waals surface area contributed by atoms with Gasteiger partial charge in [0.05, 0.1) is 18.2 Å². The summed E-state index contributed by atoms with van der Waals surface area (Å²) in [6.45, 7) is 13.3. The maximum absolute atomic E-state index is 13.8. The van der Waals surface area contributed by atoms with Gasteiger partial charge in [-0.2, -0.15) is 13.2 Å².